The maximum Gasteiger partial charge on any atom is 0.402 e. The fourth-order valence-corrected chi connectivity index (χ4v) is 2.19. The topological polar surface area (TPSA) is 80.7 Å². The zero-order chi connectivity index (χ0) is 16.4. The molecule has 0 amide bonds. The van der Waals surface area contributed by atoms with Gasteiger partial charge in [0.05, 0.1) is 5.56 Å². The number of hydrogen-bond acceptors (Lipinski definition) is 4. The lowest BCUT2D eigenvalue weighted by Gasteiger charge is -2.13. The normalized spacial score (nSPS) is 12.0. The van der Waals surface area contributed by atoms with Crippen molar-refractivity contribution in [2.75, 3.05) is 6.61 Å². The van der Waals surface area contributed by atoms with Gasteiger partial charge < -0.3 is 4.74 Å². The van der Waals surface area contributed by atoms with Gasteiger partial charge in [-0.05, 0) is 47.2 Å². The fraction of sp³-hybridized carbons (Fsp3) is 0.250. The highest BCUT2D eigenvalue weighted by atomic mass is 127. The quantitative estimate of drug-likeness (QED) is 0.440. The van der Waals surface area contributed by atoms with E-state index in [4.69, 9.17) is 4.55 Å². The highest BCUT2D eigenvalue weighted by molar-refractivity contribution is 14.1. The number of carbonyl (C=O) groups excluding carboxylic acids is 1. The lowest BCUT2D eigenvalue weighted by atomic mass is 10.1. The van der Waals surface area contributed by atoms with Gasteiger partial charge in [-0.1, -0.05) is 18.2 Å². The molecule has 0 heterocycles. The molecule has 116 valence electrons. The van der Waals surface area contributed by atoms with Crippen molar-refractivity contribution >= 4 is 44.3 Å². The van der Waals surface area contributed by atoms with Gasteiger partial charge in [0.1, 0.15) is 0 Å². The molecule has 0 radical (unpaired) electrons. The van der Waals surface area contributed by atoms with Crippen molar-refractivity contribution in [2.45, 2.75) is 12.2 Å². The number of halogens is 3. The first-order valence-electron chi connectivity index (χ1n) is 5.43. The van der Waals surface area contributed by atoms with Crippen LogP contribution in [0.25, 0.3) is 5.57 Å². The second-order valence-electron chi connectivity index (χ2n) is 4.16. The summed E-state index contributed by atoms with van der Waals surface area (Å²) in [5.74, 6) is -1.11. The van der Waals surface area contributed by atoms with E-state index in [0.717, 1.165) is 11.1 Å². The molecule has 0 spiro atoms. The smallest absolute Gasteiger partial charge is 0.402 e. The lowest BCUT2D eigenvalue weighted by molar-refractivity contribution is -0.00957. The Morgan fingerprint density at radius 1 is 1.48 bits per heavy atom. The molecule has 1 rings (SSSR count). The lowest BCUT2D eigenvalue weighted by Crippen LogP contribution is -2.34. The zero-order valence-electron chi connectivity index (χ0n) is 10.8. The predicted octanol–water partition coefficient (Wildman–Crippen LogP) is 2.96. The molecule has 1 N–H and O–H groups in total. The van der Waals surface area contributed by atoms with Gasteiger partial charge >= 0.3 is 21.3 Å². The molecule has 0 fully saturated rings. The van der Waals surface area contributed by atoms with E-state index in [0.29, 0.717) is 3.57 Å². The van der Waals surface area contributed by atoms with Gasteiger partial charge in [-0.3, -0.25) is 4.55 Å². The van der Waals surface area contributed by atoms with E-state index in [2.05, 4.69) is 11.3 Å². The number of esters is 1. The SMILES string of the molecule is C=C(C)c1ccc(C(=O)OCC(F)(F)S(=O)(=O)O)c(I)c1. The molecule has 0 unspecified atom stereocenters. The van der Waals surface area contributed by atoms with Crippen molar-refractivity contribution in [3.63, 3.8) is 0 Å². The molecule has 1 aromatic carbocycles. The number of allylic oxidation sites excluding steroid dienone is 1. The summed E-state index contributed by atoms with van der Waals surface area (Å²) < 4.78 is 59.7. The van der Waals surface area contributed by atoms with Gasteiger partial charge in [-0.2, -0.15) is 17.2 Å². The van der Waals surface area contributed by atoms with Crippen LogP contribution in [-0.2, 0) is 14.9 Å². The number of benzene rings is 1. The molecule has 0 bridgehead atoms. The van der Waals surface area contributed by atoms with Crippen LogP contribution < -0.4 is 0 Å². The maximum absolute atomic E-state index is 12.9. The molecule has 0 saturated heterocycles. The third kappa shape index (κ3) is 4.45. The van der Waals surface area contributed by atoms with E-state index in [1.54, 1.807) is 19.1 Å². The van der Waals surface area contributed by atoms with Crippen LogP contribution in [0.5, 0.6) is 0 Å². The Bertz CT molecular complexity index is 685. The molecule has 0 aliphatic carbocycles. The Morgan fingerprint density at radius 2 is 2.05 bits per heavy atom. The summed E-state index contributed by atoms with van der Waals surface area (Å²) in [4.78, 5) is 11.7. The summed E-state index contributed by atoms with van der Waals surface area (Å²) >= 11 is 1.81. The van der Waals surface area contributed by atoms with E-state index < -0.39 is 27.9 Å². The van der Waals surface area contributed by atoms with Crippen molar-refractivity contribution < 1.29 is 31.3 Å². The molecule has 1 aromatic rings. The van der Waals surface area contributed by atoms with E-state index in [1.165, 1.54) is 6.07 Å². The Kier molecular flexibility index (Phi) is 5.45. The minimum Gasteiger partial charge on any atom is -0.454 e. The van der Waals surface area contributed by atoms with Crippen LogP contribution in [0.2, 0.25) is 0 Å². The summed E-state index contributed by atoms with van der Waals surface area (Å²) in [5.41, 5.74) is 1.52. The van der Waals surface area contributed by atoms with Gasteiger partial charge in [0, 0.05) is 3.57 Å². The maximum atomic E-state index is 12.9. The molecule has 0 aliphatic heterocycles. The number of alkyl halides is 2. The molecular formula is C12H11F2IO5S. The largest absolute Gasteiger partial charge is 0.454 e. The summed E-state index contributed by atoms with van der Waals surface area (Å²) in [6, 6.07) is 4.53. The number of ether oxygens (including phenoxy) is 1. The van der Waals surface area contributed by atoms with Crippen LogP contribution in [0, 0.1) is 3.57 Å². The number of rotatable bonds is 5. The predicted molar refractivity (Wildman–Crippen MR) is 80.6 cm³/mol. The highest BCUT2D eigenvalue weighted by Crippen LogP contribution is 2.23. The molecule has 0 aromatic heterocycles. The number of hydrogen-bond donors (Lipinski definition) is 1. The Balaban J connectivity index is 2.89. The molecule has 0 saturated carbocycles. The molecule has 5 nitrogen and oxygen atoms in total. The van der Waals surface area contributed by atoms with Crippen LogP contribution in [0.3, 0.4) is 0 Å². The van der Waals surface area contributed by atoms with Gasteiger partial charge in [-0.25, -0.2) is 4.79 Å². The van der Waals surface area contributed by atoms with E-state index in [-0.39, 0.29) is 5.56 Å². The van der Waals surface area contributed by atoms with Crippen LogP contribution in [0.15, 0.2) is 24.8 Å². The average molecular weight is 432 g/mol. The first-order chi connectivity index (χ1) is 9.45. The Hall–Kier alpha value is -1.07. The molecule has 0 aliphatic rings. The third-order valence-electron chi connectivity index (χ3n) is 2.43. The van der Waals surface area contributed by atoms with Crippen molar-refractivity contribution in [2.24, 2.45) is 0 Å². The fourth-order valence-electron chi connectivity index (χ4n) is 1.25. The second kappa shape index (κ2) is 6.36. The Morgan fingerprint density at radius 3 is 2.48 bits per heavy atom. The summed E-state index contributed by atoms with van der Waals surface area (Å²) in [6.07, 6.45) is 0. The molecule has 21 heavy (non-hydrogen) atoms. The monoisotopic (exact) mass is 432 g/mol. The minimum absolute atomic E-state index is 0.00624. The van der Waals surface area contributed by atoms with Crippen molar-refractivity contribution in [1.82, 2.24) is 0 Å². The van der Waals surface area contributed by atoms with Crippen LogP contribution in [0.1, 0.15) is 22.8 Å². The van der Waals surface area contributed by atoms with Gasteiger partial charge in [-0.15, -0.1) is 0 Å². The van der Waals surface area contributed by atoms with Crippen LogP contribution in [-0.4, -0.2) is 30.8 Å². The number of carbonyl (C=O) groups is 1. The standard InChI is InChI=1S/C12H11F2IO5S/c1-7(2)8-3-4-9(10(15)5-8)11(16)20-6-12(13,14)21(17,18)19/h3-5H,1,6H2,2H3,(H,17,18,19). The van der Waals surface area contributed by atoms with Gasteiger partial charge in [0.2, 0.25) is 0 Å². The van der Waals surface area contributed by atoms with E-state index >= 15 is 0 Å². The van der Waals surface area contributed by atoms with Crippen molar-refractivity contribution in [3.8, 4) is 0 Å². The van der Waals surface area contributed by atoms with E-state index in [9.17, 15) is 22.0 Å². The van der Waals surface area contributed by atoms with Gasteiger partial charge in [0.25, 0.3) is 0 Å². The van der Waals surface area contributed by atoms with Gasteiger partial charge in [0.15, 0.2) is 6.61 Å². The molecule has 0 atom stereocenters. The third-order valence-corrected chi connectivity index (χ3v) is 4.20. The Labute approximate surface area is 133 Å². The van der Waals surface area contributed by atoms with Crippen LogP contribution >= 0.6 is 22.6 Å². The highest BCUT2D eigenvalue weighted by Gasteiger charge is 2.45. The summed E-state index contributed by atoms with van der Waals surface area (Å²) in [7, 11) is -5.63. The zero-order valence-corrected chi connectivity index (χ0v) is 13.7. The molecule has 9 heteroatoms. The van der Waals surface area contributed by atoms with E-state index in [1.807, 2.05) is 22.6 Å². The summed E-state index contributed by atoms with van der Waals surface area (Å²) in [5, 5.41) is -4.55. The van der Waals surface area contributed by atoms with Crippen molar-refractivity contribution in [3.05, 3.63) is 39.5 Å². The second-order valence-corrected chi connectivity index (χ2v) is 6.87. The first-order valence-corrected chi connectivity index (χ1v) is 7.95. The first kappa shape index (κ1) is 18.0. The molecular weight excluding hydrogens is 421 g/mol. The summed E-state index contributed by atoms with van der Waals surface area (Å²) in [6.45, 7) is 3.72. The minimum atomic E-state index is -5.63. The van der Waals surface area contributed by atoms with Crippen LogP contribution in [0.4, 0.5) is 8.78 Å². The van der Waals surface area contributed by atoms with Crippen molar-refractivity contribution in [1.29, 1.82) is 0 Å². The average Bonchev–Trinajstić information content (AvgIpc) is 2.34.